The molecular weight excluding hydrogens is 480 g/mol. The van der Waals surface area contributed by atoms with Crippen molar-refractivity contribution in [3.63, 3.8) is 0 Å². The number of nitrogens with one attached hydrogen (secondary N) is 2. The summed E-state index contributed by atoms with van der Waals surface area (Å²) in [5, 5.41) is 1.78. The van der Waals surface area contributed by atoms with Crippen molar-refractivity contribution in [1.29, 1.82) is 0 Å². The van der Waals surface area contributed by atoms with E-state index in [1.54, 1.807) is 24.3 Å². The van der Waals surface area contributed by atoms with Gasteiger partial charge in [0.2, 0.25) is 0 Å². The third-order valence-corrected chi connectivity index (χ3v) is 8.22. The molecule has 0 fully saturated rings. The van der Waals surface area contributed by atoms with Gasteiger partial charge in [-0.15, -0.1) is 0 Å². The molecule has 6 rings (SSSR count). The number of sulfonamides is 1. The molecule has 4 aromatic carbocycles. The smallest absolute Gasteiger partial charge is 0.262 e. The number of para-hydroxylation sites is 2. The molecule has 5 nitrogen and oxygen atoms in total. The van der Waals surface area contributed by atoms with E-state index in [9.17, 15) is 8.42 Å². The summed E-state index contributed by atoms with van der Waals surface area (Å²) in [6.07, 6.45) is 2.00. The number of aryl methyl sites for hydroxylation is 2. The average Bonchev–Trinajstić information content (AvgIpc) is 3.48. The number of H-pyrrole nitrogens is 1. The van der Waals surface area contributed by atoms with Crippen molar-refractivity contribution in [2.24, 2.45) is 0 Å². The van der Waals surface area contributed by atoms with Gasteiger partial charge in [0.1, 0.15) is 11.3 Å². The molecular formula is C31H26N2O3S. The number of furan rings is 1. The van der Waals surface area contributed by atoms with Crippen molar-refractivity contribution in [1.82, 2.24) is 4.98 Å². The fraction of sp³-hybridized carbons (Fsp3) is 0.0968. The maximum Gasteiger partial charge on any atom is 0.262 e. The Balaban J connectivity index is 1.60. The number of hydrogen-bond acceptors (Lipinski definition) is 3. The first-order chi connectivity index (χ1) is 17.9. The molecule has 6 aromatic rings. The van der Waals surface area contributed by atoms with Gasteiger partial charge >= 0.3 is 0 Å². The zero-order valence-electron chi connectivity index (χ0n) is 20.5. The number of anilines is 1. The third kappa shape index (κ3) is 4.09. The molecule has 0 aliphatic rings. The van der Waals surface area contributed by atoms with Crippen LogP contribution in [-0.2, 0) is 10.0 Å². The highest BCUT2D eigenvalue weighted by atomic mass is 32.2. The van der Waals surface area contributed by atoms with Gasteiger partial charge in [0.25, 0.3) is 10.0 Å². The highest BCUT2D eigenvalue weighted by Crippen LogP contribution is 2.44. The summed E-state index contributed by atoms with van der Waals surface area (Å²) in [5.74, 6) is 0.199. The van der Waals surface area contributed by atoms with Crippen LogP contribution in [-0.4, -0.2) is 13.4 Å². The number of aromatic amines is 1. The van der Waals surface area contributed by atoms with Gasteiger partial charge in [-0.3, -0.25) is 4.72 Å². The molecule has 0 spiro atoms. The summed E-state index contributed by atoms with van der Waals surface area (Å²) in [6.45, 7) is 4.00. The van der Waals surface area contributed by atoms with Gasteiger partial charge in [-0.25, -0.2) is 8.42 Å². The minimum Gasteiger partial charge on any atom is -0.458 e. The van der Waals surface area contributed by atoms with Crippen LogP contribution in [0.3, 0.4) is 0 Å². The largest absolute Gasteiger partial charge is 0.458 e. The van der Waals surface area contributed by atoms with Crippen molar-refractivity contribution < 1.29 is 12.8 Å². The molecule has 2 aromatic heterocycles. The van der Waals surface area contributed by atoms with Crippen LogP contribution in [0.15, 0.2) is 113 Å². The lowest BCUT2D eigenvalue weighted by atomic mass is 9.88. The van der Waals surface area contributed by atoms with E-state index >= 15 is 0 Å². The van der Waals surface area contributed by atoms with E-state index in [0.29, 0.717) is 22.4 Å². The molecule has 37 heavy (non-hydrogen) atoms. The topological polar surface area (TPSA) is 75.1 Å². The highest BCUT2D eigenvalue weighted by Gasteiger charge is 2.30. The molecule has 0 saturated carbocycles. The molecule has 184 valence electrons. The standard InChI is InChI=1S/C31H26N2O3S/c1-20-15-17-23(18-16-20)37(34,35)33-30-25-12-6-7-14-27(25)36-31(30)28(22-10-4-3-5-11-22)26-19-32-29-21(2)9-8-13-24(26)29/h3-19,28,32-33H,1-2H3. The van der Waals surface area contributed by atoms with E-state index in [4.69, 9.17) is 4.42 Å². The van der Waals surface area contributed by atoms with E-state index in [0.717, 1.165) is 33.2 Å². The minimum atomic E-state index is -3.87. The van der Waals surface area contributed by atoms with Gasteiger partial charge < -0.3 is 9.40 Å². The van der Waals surface area contributed by atoms with Crippen molar-refractivity contribution in [3.8, 4) is 0 Å². The molecule has 6 heteroatoms. The summed E-state index contributed by atoms with van der Waals surface area (Å²) in [4.78, 5) is 3.63. The second kappa shape index (κ2) is 8.98. The van der Waals surface area contributed by atoms with Crippen molar-refractivity contribution in [2.45, 2.75) is 24.7 Å². The molecule has 1 atom stereocenters. The second-order valence-electron chi connectivity index (χ2n) is 9.34. The van der Waals surface area contributed by atoms with Crippen molar-refractivity contribution >= 4 is 37.6 Å². The Kier molecular flexibility index (Phi) is 5.61. The van der Waals surface area contributed by atoms with Crippen LogP contribution in [0, 0.1) is 13.8 Å². The fourth-order valence-corrected chi connectivity index (χ4v) is 6.06. The number of aromatic nitrogens is 1. The van der Waals surface area contributed by atoms with Crippen LogP contribution in [0.5, 0.6) is 0 Å². The lowest BCUT2D eigenvalue weighted by Gasteiger charge is -2.18. The Hall–Kier alpha value is -4.29. The Morgan fingerprint density at radius 2 is 1.49 bits per heavy atom. The summed E-state index contributed by atoms with van der Waals surface area (Å²) in [5.41, 5.74) is 6.27. The van der Waals surface area contributed by atoms with Crippen LogP contribution in [0.25, 0.3) is 21.9 Å². The lowest BCUT2D eigenvalue weighted by molar-refractivity contribution is 0.544. The van der Waals surface area contributed by atoms with E-state index in [2.05, 4.69) is 28.8 Å². The number of rotatable bonds is 6. The van der Waals surface area contributed by atoms with Gasteiger partial charge in [-0.1, -0.05) is 78.4 Å². The molecule has 0 amide bonds. The molecule has 0 saturated heterocycles. The summed E-state index contributed by atoms with van der Waals surface area (Å²) in [7, 11) is -3.87. The van der Waals surface area contributed by atoms with Crippen LogP contribution in [0.2, 0.25) is 0 Å². The molecule has 1 unspecified atom stereocenters. The fourth-order valence-electron chi connectivity index (χ4n) is 4.97. The molecule has 2 heterocycles. The third-order valence-electron chi connectivity index (χ3n) is 6.85. The molecule has 0 aliphatic carbocycles. The van der Waals surface area contributed by atoms with Crippen LogP contribution in [0.1, 0.15) is 33.9 Å². The average molecular weight is 507 g/mol. The maximum absolute atomic E-state index is 13.6. The first-order valence-corrected chi connectivity index (χ1v) is 13.6. The second-order valence-corrected chi connectivity index (χ2v) is 11.0. The SMILES string of the molecule is Cc1ccc(S(=O)(=O)Nc2c(C(c3ccccc3)c3c[nH]c4c(C)cccc34)oc3ccccc23)cc1. The van der Waals surface area contributed by atoms with Crippen LogP contribution < -0.4 is 4.72 Å². The molecule has 0 aliphatic heterocycles. The Labute approximate surface area is 215 Å². The summed E-state index contributed by atoms with van der Waals surface area (Å²) >= 11 is 0. The van der Waals surface area contributed by atoms with E-state index in [1.807, 2.05) is 73.8 Å². The molecule has 2 N–H and O–H groups in total. The normalized spacial score (nSPS) is 12.7. The van der Waals surface area contributed by atoms with Gasteiger partial charge in [0.05, 0.1) is 16.5 Å². The monoisotopic (exact) mass is 506 g/mol. The van der Waals surface area contributed by atoms with Gasteiger partial charge in [0.15, 0.2) is 0 Å². The Morgan fingerprint density at radius 1 is 0.784 bits per heavy atom. The van der Waals surface area contributed by atoms with E-state index in [1.165, 1.54) is 0 Å². The zero-order chi connectivity index (χ0) is 25.6. The van der Waals surface area contributed by atoms with Crippen LogP contribution >= 0.6 is 0 Å². The predicted octanol–water partition coefficient (Wildman–Crippen LogP) is 7.51. The number of fused-ring (bicyclic) bond motifs is 2. The van der Waals surface area contributed by atoms with Gasteiger partial charge in [-0.2, -0.15) is 0 Å². The summed E-state index contributed by atoms with van der Waals surface area (Å²) < 4.78 is 36.5. The number of benzene rings is 4. The van der Waals surface area contributed by atoms with Crippen molar-refractivity contribution in [3.05, 3.63) is 131 Å². The van der Waals surface area contributed by atoms with Crippen molar-refractivity contribution in [2.75, 3.05) is 4.72 Å². The maximum atomic E-state index is 13.6. The van der Waals surface area contributed by atoms with Gasteiger partial charge in [-0.05, 0) is 54.8 Å². The Morgan fingerprint density at radius 3 is 2.27 bits per heavy atom. The first kappa shape index (κ1) is 23.1. The van der Waals surface area contributed by atoms with Gasteiger partial charge in [0, 0.05) is 22.5 Å². The summed E-state index contributed by atoms with van der Waals surface area (Å²) in [6, 6.07) is 30.6. The first-order valence-electron chi connectivity index (χ1n) is 12.1. The molecule has 0 radical (unpaired) electrons. The molecule has 0 bridgehead atoms. The highest BCUT2D eigenvalue weighted by molar-refractivity contribution is 7.92. The lowest BCUT2D eigenvalue weighted by Crippen LogP contribution is -2.15. The zero-order valence-corrected chi connectivity index (χ0v) is 21.3. The quantitative estimate of drug-likeness (QED) is 0.245. The predicted molar refractivity (Wildman–Crippen MR) is 149 cm³/mol. The van der Waals surface area contributed by atoms with E-state index < -0.39 is 10.0 Å². The van der Waals surface area contributed by atoms with E-state index in [-0.39, 0.29) is 10.8 Å². The van der Waals surface area contributed by atoms with Crippen LogP contribution in [0.4, 0.5) is 5.69 Å². The minimum absolute atomic E-state index is 0.202. The Bertz CT molecular complexity index is 1830. The number of hydrogen-bond donors (Lipinski definition) is 2.